The van der Waals surface area contributed by atoms with E-state index in [-0.39, 0.29) is 5.91 Å². The van der Waals surface area contributed by atoms with E-state index >= 15 is 0 Å². The number of aryl methyl sites for hydroxylation is 1. The molecule has 0 unspecified atom stereocenters. The predicted octanol–water partition coefficient (Wildman–Crippen LogP) is 5.37. The molecule has 0 aliphatic carbocycles. The number of ether oxygens (including phenoxy) is 2. The summed E-state index contributed by atoms with van der Waals surface area (Å²) in [4.78, 5) is 13.0. The van der Waals surface area contributed by atoms with Crippen molar-refractivity contribution in [2.75, 3.05) is 26.5 Å². The molecule has 6 nitrogen and oxygen atoms in total. The van der Waals surface area contributed by atoms with Crippen LogP contribution in [0.5, 0.6) is 11.5 Å². The van der Waals surface area contributed by atoms with Gasteiger partial charge in [0, 0.05) is 28.6 Å². The van der Waals surface area contributed by atoms with Gasteiger partial charge < -0.3 is 24.9 Å². The molecule has 3 N–H and O–H groups in total. The van der Waals surface area contributed by atoms with Crippen LogP contribution in [-0.4, -0.2) is 26.7 Å². The van der Waals surface area contributed by atoms with Crippen LogP contribution in [0.4, 0.5) is 5.69 Å². The zero-order valence-electron chi connectivity index (χ0n) is 18.7. The van der Waals surface area contributed by atoms with Crippen molar-refractivity contribution in [1.82, 2.24) is 5.32 Å². The van der Waals surface area contributed by atoms with Gasteiger partial charge in [0.15, 0.2) is 17.3 Å². The number of rotatable bonds is 7. The predicted molar refractivity (Wildman–Crippen MR) is 135 cm³/mol. The molecule has 0 atom stereocenters. The Labute approximate surface area is 199 Å². The number of amides is 1. The van der Waals surface area contributed by atoms with E-state index in [9.17, 15) is 4.79 Å². The number of para-hydroxylation sites is 1. The number of hydrogen-bond donors (Lipinski definition) is 3. The highest BCUT2D eigenvalue weighted by molar-refractivity contribution is 7.80. The van der Waals surface area contributed by atoms with Crippen molar-refractivity contribution in [1.29, 1.82) is 0 Å². The van der Waals surface area contributed by atoms with Gasteiger partial charge in [-0.15, -0.1) is 12.6 Å². The molecule has 1 aromatic heterocycles. The first kappa shape index (κ1) is 24.1. The molecule has 7 heteroatoms. The molecule has 0 aliphatic heterocycles. The van der Waals surface area contributed by atoms with Crippen molar-refractivity contribution >= 4 is 35.2 Å². The number of hydrogen-bond acceptors (Lipinski definition) is 6. The Balaban J connectivity index is 0.000000235. The fourth-order valence-corrected chi connectivity index (χ4v) is 3.34. The zero-order chi connectivity index (χ0) is 23.6. The molecule has 0 fully saturated rings. The lowest BCUT2D eigenvalue weighted by Crippen LogP contribution is -2.24. The average molecular weight is 465 g/mol. The van der Waals surface area contributed by atoms with Crippen LogP contribution in [0.2, 0.25) is 0 Å². The summed E-state index contributed by atoms with van der Waals surface area (Å²) in [6.45, 7) is 0.624. The second-order valence-corrected chi connectivity index (χ2v) is 7.81. The topological polar surface area (TPSA) is 86.7 Å². The minimum absolute atomic E-state index is 0.165. The lowest BCUT2D eigenvalue weighted by molar-refractivity contribution is 0.0927. The first-order valence-electron chi connectivity index (χ1n) is 10.5. The van der Waals surface area contributed by atoms with Crippen molar-refractivity contribution < 1.29 is 18.7 Å². The van der Waals surface area contributed by atoms with E-state index < -0.39 is 0 Å². The number of carbonyl (C=O) groups is 1. The molecule has 172 valence electrons. The van der Waals surface area contributed by atoms with Gasteiger partial charge in [-0.25, -0.2) is 0 Å². The van der Waals surface area contributed by atoms with Gasteiger partial charge >= 0.3 is 0 Å². The summed E-state index contributed by atoms with van der Waals surface area (Å²) in [5.74, 6) is 1.55. The lowest BCUT2D eigenvalue weighted by atomic mass is 10.1. The normalized spacial score (nSPS) is 10.3. The zero-order valence-corrected chi connectivity index (χ0v) is 19.6. The molecule has 1 heterocycles. The van der Waals surface area contributed by atoms with Crippen molar-refractivity contribution in [3.05, 3.63) is 84.1 Å². The van der Waals surface area contributed by atoms with E-state index in [4.69, 9.17) is 19.6 Å². The number of furan rings is 1. The summed E-state index contributed by atoms with van der Waals surface area (Å²) >= 11 is 4.26. The van der Waals surface area contributed by atoms with Crippen LogP contribution in [0.15, 0.2) is 82.1 Å². The Morgan fingerprint density at radius 2 is 1.70 bits per heavy atom. The summed E-state index contributed by atoms with van der Waals surface area (Å²) in [5.41, 5.74) is 8.17. The smallest absolute Gasteiger partial charge is 0.287 e. The Bertz CT molecular complexity index is 1160. The number of anilines is 1. The third kappa shape index (κ3) is 6.95. The standard InChI is InChI=1S/C18H17NO2S.C8H11NO2/c20-18(17-12-14-5-1-2-6-16(14)21-17)19-11-3-4-13-7-9-15(22)10-8-13;1-10-7-4-3-6(9)5-8(7)11-2/h1-2,5-10,12,22H,3-4,11H2,(H,19,20);3-5H,9H2,1-2H3. The number of carbonyl (C=O) groups excluding carboxylic acids is 1. The Morgan fingerprint density at radius 3 is 2.39 bits per heavy atom. The molecular formula is C26H28N2O4S. The van der Waals surface area contributed by atoms with E-state index in [1.807, 2.05) is 36.4 Å². The molecule has 33 heavy (non-hydrogen) atoms. The molecule has 4 aromatic rings. The molecular weight excluding hydrogens is 436 g/mol. The minimum atomic E-state index is -0.165. The summed E-state index contributed by atoms with van der Waals surface area (Å²) in [7, 11) is 3.17. The van der Waals surface area contributed by atoms with Crippen molar-refractivity contribution in [3.63, 3.8) is 0 Å². The van der Waals surface area contributed by atoms with E-state index in [1.165, 1.54) is 5.56 Å². The number of nitrogens with one attached hydrogen (secondary N) is 1. The molecule has 0 radical (unpaired) electrons. The van der Waals surface area contributed by atoms with Crippen molar-refractivity contribution in [3.8, 4) is 11.5 Å². The first-order valence-corrected chi connectivity index (χ1v) is 11.0. The van der Waals surface area contributed by atoms with Gasteiger partial charge in [0.25, 0.3) is 5.91 Å². The van der Waals surface area contributed by atoms with E-state index in [0.29, 0.717) is 29.5 Å². The first-order chi connectivity index (χ1) is 16.0. The van der Waals surface area contributed by atoms with Gasteiger partial charge in [0.1, 0.15) is 5.58 Å². The molecule has 0 aliphatic rings. The summed E-state index contributed by atoms with van der Waals surface area (Å²) in [6, 6.07) is 22.7. The maximum Gasteiger partial charge on any atom is 0.287 e. The Hall–Kier alpha value is -3.58. The average Bonchev–Trinajstić information content (AvgIpc) is 3.28. The van der Waals surface area contributed by atoms with Crippen molar-refractivity contribution in [2.24, 2.45) is 0 Å². The van der Waals surface area contributed by atoms with Gasteiger partial charge in [0.05, 0.1) is 14.2 Å². The van der Waals surface area contributed by atoms with Gasteiger partial charge in [0.2, 0.25) is 0 Å². The SMILES string of the molecule is COc1ccc(N)cc1OC.O=C(NCCCc1ccc(S)cc1)c1cc2ccccc2o1. The minimum Gasteiger partial charge on any atom is -0.493 e. The van der Waals surface area contributed by atoms with Gasteiger partial charge in [-0.2, -0.15) is 0 Å². The third-order valence-electron chi connectivity index (χ3n) is 4.92. The van der Waals surface area contributed by atoms with E-state index in [1.54, 1.807) is 38.5 Å². The Morgan fingerprint density at radius 1 is 0.970 bits per heavy atom. The molecule has 0 bridgehead atoms. The highest BCUT2D eigenvalue weighted by Crippen LogP contribution is 2.28. The fourth-order valence-electron chi connectivity index (χ4n) is 3.19. The van der Waals surface area contributed by atoms with E-state index in [2.05, 4.69) is 30.1 Å². The van der Waals surface area contributed by atoms with Crippen LogP contribution in [0.1, 0.15) is 22.5 Å². The molecule has 3 aromatic carbocycles. The molecule has 0 spiro atoms. The monoisotopic (exact) mass is 464 g/mol. The van der Waals surface area contributed by atoms with Crippen LogP contribution in [0, 0.1) is 0 Å². The third-order valence-corrected chi connectivity index (χ3v) is 5.22. The highest BCUT2D eigenvalue weighted by atomic mass is 32.1. The van der Waals surface area contributed by atoms with Crippen LogP contribution in [-0.2, 0) is 6.42 Å². The lowest BCUT2D eigenvalue weighted by Gasteiger charge is -2.06. The van der Waals surface area contributed by atoms with Crippen LogP contribution in [0.3, 0.4) is 0 Å². The van der Waals surface area contributed by atoms with Crippen LogP contribution in [0.25, 0.3) is 11.0 Å². The second-order valence-electron chi connectivity index (χ2n) is 7.29. The van der Waals surface area contributed by atoms with Crippen LogP contribution >= 0.6 is 12.6 Å². The summed E-state index contributed by atoms with van der Waals surface area (Å²) in [5, 5.41) is 3.84. The summed E-state index contributed by atoms with van der Waals surface area (Å²) < 4.78 is 15.6. The number of nitrogen functional groups attached to an aromatic ring is 1. The number of methoxy groups -OCH3 is 2. The molecule has 4 rings (SSSR count). The number of fused-ring (bicyclic) bond motifs is 1. The molecule has 0 saturated heterocycles. The largest absolute Gasteiger partial charge is 0.493 e. The van der Waals surface area contributed by atoms with E-state index in [0.717, 1.165) is 28.7 Å². The molecule has 0 saturated carbocycles. The quantitative estimate of drug-likeness (QED) is 0.194. The van der Waals surface area contributed by atoms with Gasteiger partial charge in [-0.05, 0) is 54.8 Å². The van der Waals surface area contributed by atoms with Gasteiger partial charge in [-0.3, -0.25) is 4.79 Å². The number of benzene rings is 3. The Kier molecular flexibility index (Phi) is 8.66. The van der Waals surface area contributed by atoms with Crippen LogP contribution < -0.4 is 20.5 Å². The fraction of sp³-hybridized carbons (Fsp3) is 0.192. The number of thiol groups is 1. The summed E-state index contributed by atoms with van der Waals surface area (Å²) in [6.07, 6.45) is 1.81. The van der Waals surface area contributed by atoms with Crippen molar-refractivity contribution in [2.45, 2.75) is 17.7 Å². The second kappa shape index (κ2) is 11.9. The number of nitrogens with two attached hydrogens (primary N) is 1. The maximum atomic E-state index is 12.1. The van der Waals surface area contributed by atoms with Gasteiger partial charge in [-0.1, -0.05) is 30.3 Å². The maximum absolute atomic E-state index is 12.1. The highest BCUT2D eigenvalue weighted by Gasteiger charge is 2.11. The molecule has 1 amide bonds.